The highest BCUT2D eigenvalue weighted by Gasteiger charge is 2.04. The molecule has 27 heavy (non-hydrogen) atoms. The predicted molar refractivity (Wildman–Crippen MR) is 119 cm³/mol. The second-order valence-corrected chi connectivity index (χ2v) is 7.01. The fourth-order valence-electron chi connectivity index (χ4n) is 2.32. The Kier molecular flexibility index (Phi) is 6.95. The standard InChI is InChI=1S/2C9H6Cl2N2.CH4/c10-7-1-5-3-9(12)13-4-6(5)2-8(7)11;10-7-2-1-5-4-13-8(12)3-6(5)9(7)11;/h2*1-4H,(H2,12,13);1H4. The van der Waals surface area contributed by atoms with Gasteiger partial charge in [-0.15, -0.1) is 0 Å². The molecule has 4 N–H and O–H groups in total. The third kappa shape index (κ3) is 4.85. The Morgan fingerprint density at radius 2 is 1.19 bits per heavy atom. The zero-order valence-corrected chi connectivity index (χ0v) is 16.2. The molecule has 0 fully saturated rings. The van der Waals surface area contributed by atoms with Gasteiger partial charge in [-0.05, 0) is 35.7 Å². The first-order valence-electron chi connectivity index (χ1n) is 7.34. The summed E-state index contributed by atoms with van der Waals surface area (Å²) in [4.78, 5) is 7.91. The first-order valence-corrected chi connectivity index (χ1v) is 8.86. The number of hydrogen-bond donors (Lipinski definition) is 2. The van der Waals surface area contributed by atoms with Gasteiger partial charge < -0.3 is 11.5 Å². The van der Waals surface area contributed by atoms with Crippen LogP contribution >= 0.6 is 46.4 Å². The van der Waals surface area contributed by atoms with Gasteiger partial charge >= 0.3 is 0 Å². The molecule has 0 aliphatic carbocycles. The molecule has 4 nitrogen and oxygen atoms in total. The fourth-order valence-corrected chi connectivity index (χ4v) is 3.06. The molecule has 0 saturated carbocycles. The Morgan fingerprint density at radius 1 is 0.630 bits per heavy atom. The van der Waals surface area contributed by atoms with Gasteiger partial charge in [-0.3, -0.25) is 0 Å². The van der Waals surface area contributed by atoms with Crippen LogP contribution in [0.4, 0.5) is 11.6 Å². The number of pyridine rings is 2. The highest BCUT2D eigenvalue weighted by atomic mass is 35.5. The summed E-state index contributed by atoms with van der Waals surface area (Å²) in [5, 5.41) is 5.75. The van der Waals surface area contributed by atoms with Crippen LogP contribution in [0.15, 0.2) is 48.8 Å². The summed E-state index contributed by atoms with van der Waals surface area (Å²) in [7, 11) is 0. The second-order valence-electron chi connectivity index (χ2n) is 5.41. The van der Waals surface area contributed by atoms with Crippen molar-refractivity contribution >= 4 is 79.6 Å². The highest BCUT2D eigenvalue weighted by molar-refractivity contribution is 6.45. The number of nitrogens with two attached hydrogens (primary N) is 2. The van der Waals surface area contributed by atoms with Crippen molar-refractivity contribution in [3.8, 4) is 0 Å². The van der Waals surface area contributed by atoms with Crippen molar-refractivity contribution in [2.45, 2.75) is 7.43 Å². The lowest BCUT2D eigenvalue weighted by Gasteiger charge is -2.02. The maximum Gasteiger partial charge on any atom is 0.123 e. The minimum Gasteiger partial charge on any atom is -0.384 e. The lowest BCUT2D eigenvalue weighted by molar-refractivity contribution is 1.37. The predicted octanol–water partition coefficient (Wildman–Crippen LogP) is 6.88. The number of nitrogens with zero attached hydrogens (tertiary/aromatic N) is 2. The van der Waals surface area contributed by atoms with E-state index in [4.69, 9.17) is 57.9 Å². The van der Waals surface area contributed by atoms with E-state index < -0.39 is 0 Å². The summed E-state index contributed by atoms with van der Waals surface area (Å²) in [6, 6.07) is 10.6. The van der Waals surface area contributed by atoms with Crippen molar-refractivity contribution in [1.82, 2.24) is 9.97 Å². The summed E-state index contributed by atoms with van der Waals surface area (Å²) in [5.74, 6) is 0.919. The first-order chi connectivity index (χ1) is 12.3. The number of nitrogen functional groups attached to an aromatic ring is 2. The molecule has 0 saturated heterocycles. The number of anilines is 2. The normalized spacial score (nSPS) is 10.2. The molecule has 4 aromatic rings. The van der Waals surface area contributed by atoms with E-state index in [9.17, 15) is 0 Å². The second kappa shape index (κ2) is 8.81. The third-order valence-electron chi connectivity index (χ3n) is 3.59. The smallest absolute Gasteiger partial charge is 0.123 e. The number of aromatic nitrogens is 2. The minimum absolute atomic E-state index is 0. The van der Waals surface area contributed by atoms with Gasteiger partial charge in [-0.2, -0.15) is 0 Å². The molecule has 2 aromatic carbocycles. The van der Waals surface area contributed by atoms with E-state index in [1.165, 1.54) is 0 Å². The molecule has 0 aliphatic rings. The number of hydrogen-bond acceptors (Lipinski definition) is 4. The lowest BCUT2D eigenvalue weighted by atomic mass is 10.2. The summed E-state index contributed by atoms with van der Waals surface area (Å²) in [5.41, 5.74) is 11.1. The molecule has 0 atom stereocenters. The van der Waals surface area contributed by atoms with E-state index in [2.05, 4.69) is 9.97 Å². The van der Waals surface area contributed by atoms with Crippen LogP contribution in [-0.2, 0) is 0 Å². The van der Waals surface area contributed by atoms with E-state index in [1.54, 1.807) is 42.7 Å². The highest BCUT2D eigenvalue weighted by Crippen LogP contribution is 2.31. The summed E-state index contributed by atoms with van der Waals surface area (Å²) in [6.07, 6.45) is 3.35. The Labute approximate surface area is 177 Å². The van der Waals surface area contributed by atoms with Crippen LogP contribution in [0.5, 0.6) is 0 Å². The average molecular weight is 442 g/mol. The topological polar surface area (TPSA) is 77.8 Å². The maximum absolute atomic E-state index is 5.98. The maximum atomic E-state index is 5.98. The summed E-state index contributed by atoms with van der Waals surface area (Å²) < 4.78 is 0. The van der Waals surface area contributed by atoms with Gasteiger partial charge in [0.05, 0.1) is 20.1 Å². The molecule has 0 aliphatic heterocycles. The first kappa shape index (κ1) is 21.3. The van der Waals surface area contributed by atoms with Gasteiger partial charge in [-0.1, -0.05) is 59.9 Å². The van der Waals surface area contributed by atoms with Gasteiger partial charge in [0.15, 0.2) is 0 Å². The average Bonchev–Trinajstić information content (AvgIpc) is 2.61. The van der Waals surface area contributed by atoms with E-state index in [0.717, 1.165) is 21.5 Å². The third-order valence-corrected chi connectivity index (χ3v) is 5.13. The SMILES string of the molecule is C.Nc1cc2c(Cl)c(Cl)ccc2cn1.Nc1cc2cc(Cl)c(Cl)cc2cn1. The number of halogens is 4. The molecule has 0 radical (unpaired) electrons. The zero-order chi connectivity index (χ0) is 18.8. The lowest BCUT2D eigenvalue weighted by Crippen LogP contribution is -1.89. The van der Waals surface area contributed by atoms with Crippen LogP contribution in [0.25, 0.3) is 21.5 Å². The van der Waals surface area contributed by atoms with E-state index in [0.29, 0.717) is 31.7 Å². The molecule has 0 spiro atoms. The van der Waals surface area contributed by atoms with Gasteiger partial charge in [0.25, 0.3) is 0 Å². The number of rotatable bonds is 0. The van der Waals surface area contributed by atoms with Crippen molar-refractivity contribution < 1.29 is 0 Å². The monoisotopic (exact) mass is 440 g/mol. The van der Waals surface area contributed by atoms with Crippen molar-refractivity contribution in [1.29, 1.82) is 0 Å². The zero-order valence-electron chi connectivity index (χ0n) is 13.2. The molecule has 8 heteroatoms. The van der Waals surface area contributed by atoms with Gasteiger partial charge in [-0.25, -0.2) is 9.97 Å². The number of benzene rings is 2. The van der Waals surface area contributed by atoms with E-state index in [-0.39, 0.29) is 7.43 Å². The quantitative estimate of drug-likeness (QED) is 0.311. The van der Waals surface area contributed by atoms with Gasteiger partial charge in [0, 0.05) is 28.6 Å². The van der Waals surface area contributed by atoms with Crippen molar-refractivity contribution in [2.24, 2.45) is 0 Å². The Morgan fingerprint density at radius 3 is 1.85 bits per heavy atom. The van der Waals surface area contributed by atoms with Crippen LogP contribution in [0.3, 0.4) is 0 Å². The Balaban J connectivity index is 0.000000187. The van der Waals surface area contributed by atoms with Gasteiger partial charge in [0.1, 0.15) is 11.6 Å². The van der Waals surface area contributed by atoms with Crippen molar-refractivity contribution in [2.75, 3.05) is 11.5 Å². The van der Waals surface area contributed by atoms with Crippen molar-refractivity contribution in [3.05, 3.63) is 68.9 Å². The van der Waals surface area contributed by atoms with Gasteiger partial charge in [0.2, 0.25) is 0 Å². The minimum atomic E-state index is 0. The van der Waals surface area contributed by atoms with Crippen LogP contribution < -0.4 is 11.5 Å². The van der Waals surface area contributed by atoms with Crippen molar-refractivity contribution in [3.63, 3.8) is 0 Å². The molecule has 0 amide bonds. The van der Waals surface area contributed by atoms with Crippen LogP contribution in [0.1, 0.15) is 7.43 Å². The van der Waals surface area contributed by atoms with E-state index in [1.807, 2.05) is 6.07 Å². The Bertz CT molecular complexity index is 1100. The Hall–Kier alpha value is -1.98. The molecular formula is C19H16Cl4N4. The summed E-state index contributed by atoms with van der Waals surface area (Å²) in [6.45, 7) is 0. The van der Waals surface area contributed by atoms with Crippen LogP contribution in [0.2, 0.25) is 20.1 Å². The molecule has 140 valence electrons. The fraction of sp³-hybridized carbons (Fsp3) is 0.0526. The molecular weight excluding hydrogens is 426 g/mol. The molecule has 0 bridgehead atoms. The number of fused-ring (bicyclic) bond motifs is 2. The largest absolute Gasteiger partial charge is 0.384 e. The summed E-state index contributed by atoms with van der Waals surface area (Å²) >= 11 is 23.5. The van der Waals surface area contributed by atoms with Crippen LogP contribution in [0, 0.1) is 0 Å². The molecule has 2 heterocycles. The molecule has 2 aromatic heterocycles. The van der Waals surface area contributed by atoms with Crippen LogP contribution in [-0.4, -0.2) is 9.97 Å². The molecule has 0 unspecified atom stereocenters. The van der Waals surface area contributed by atoms with E-state index >= 15 is 0 Å². The molecule has 4 rings (SSSR count).